The number of aromatic nitrogens is 2. The third-order valence-electron chi connectivity index (χ3n) is 4.54. The number of nitrogens with zero attached hydrogens (tertiary/aromatic N) is 2. The Morgan fingerprint density at radius 2 is 2.00 bits per heavy atom. The van der Waals surface area contributed by atoms with Gasteiger partial charge in [0.25, 0.3) is 5.56 Å². The standard InChI is InChI=1S/C21H24N2O4S/c1-3-6-17-22-19-18(16(13-28-19)21(25)26)20(24)23(17)11-4-5-12-27-15-9-7-14(2)8-10-15/h7-10,13H,3-6,11-12H2,1-2H3,(H,25,26). The van der Waals surface area contributed by atoms with Crippen LogP contribution in [0.3, 0.4) is 0 Å². The monoisotopic (exact) mass is 400 g/mol. The van der Waals surface area contributed by atoms with E-state index in [2.05, 4.69) is 4.98 Å². The second kappa shape index (κ2) is 9.01. The Morgan fingerprint density at radius 3 is 2.68 bits per heavy atom. The average molecular weight is 401 g/mol. The van der Waals surface area contributed by atoms with Crippen molar-refractivity contribution in [3.8, 4) is 5.75 Å². The third kappa shape index (κ3) is 4.42. The normalized spacial score (nSPS) is 11.1. The van der Waals surface area contributed by atoms with Crippen LogP contribution < -0.4 is 10.3 Å². The molecule has 0 saturated heterocycles. The van der Waals surface area contributed by atoms with Crippen LogP contribution in [-0.4, -0.2) is 27.2 Å². The number of unbranched alkanes of at least 4 members (excludes halogenated alkanes) is 1. The van der Waals surface area contributed by atoms with E-state index in [1.165, 1.54) is 22.3 Å². The molecule has 0 aliphatic carbocycles. The predicted octanol–water partition coefficient (Wildman–Crippen LogP) is 4.28. The molecule has 0 spiro atoms. The molecule has 0 atom stereocenters. The van der Waals surface area contributed by atoms with Gasteiger partial charge in [-0.1, -0.05) is 24.6 Å². The van der Waals surface area contributed by atoms with Gasteiger partial charge in [0, 0.05) is 18.3 Å². The number of thiophene rings is 1. The summed E-state index contributed by atoms with van der Waals surface area (Å²) in [5, 5.41) is 11.1. The van der Waals surface area contributed by atoms with E-state index in [-0.39, 0.29) is 16.5 Å². The zero-order chi connectivity index (χ0) is 20.1. The van der Waals surface area contributed by atoms with Gasteiger partial charge in [0.15, 0.2) is 0 Å². The van der Waals surface area contributed by atoms with Gasteiger partial charge in [-0.15, -0.1) is 11.3 Å². The van der Waals surface area contributed by atoms with Gasteiger partial charge in [-0.3, -0.25) is 9.36 Å². The molecule has 7 heteroatoms. The van der Waals surface area contributed by atoms with Crippen LogP contribution in [0.5, 0.6) is 5.75 Å². The van der Waals surface area contributed by atoms with E-state index in [0.29, 0.717) is 24.4 Å². The first-order valence-corrected chi connectivity index (χ1v) is 10.3. The number of carboxylic acids is 1. The van der Waals surface area contributed by atoms with Crippen LogP contribution in [0, 0.1) is 6.92 Å². The van der Waals surface area contributed by atoms with Crippen molar-refractivity contribution < 1.29 is 14.6 Å². The lowest BCUT2D eigenvalue weighted by Crippen LogP contribution is -2.26. The number of rotatable bonds is 9. The molecule has 6 nitrogen and oxygen atoms in total. The smallest absolute Gasteiger partial charge is 0.337 e. The van der Waals surface area contributed by atoms with Gasteiger partial charge in [0.1, 0.15) is 16.4 Å². The lowest BCUT2D eigenvalue weighted by atomic mass is 10.2. The first-order valence-electron chi connectivity index (χ1n) is 9.45. The second-order valence-corrected chi connectivity index (χ2v) is 7.60. The lowest BCUT2D eigenvalue weighted by Gasteiger charge is -2.12. The highest BCUT2D eigenvalue weighted by atomic mass is 32.1. The van der Waals surface area contributed by atoms with Crippen LogP contribution in [0.15, 0.2) is 34.4 Å². The summed E-state index contributed by atoms with van der Waals surface area (Å²) in [7, 11) is 0. The first kappa shape index (κ1) is 20.1. The molecular formula is C21H24N2O4S. The third-order valence-corrected chi connectivity index (χ3v) is 5.41. The number of fused-ring (bicyclic) bond motifs is 1. The van der Waals surface area contributed by atoms with Crippen LogP contribution in [-0.2, 0) is 13.0 Å². The number of benzene rings is 1. The maximum absolute atomic E-state index is 13.0. The van der Waals surface area contributed by atoms with Crippen LogP contribution in [0.1, 0.15) is 47.9 Å². The van der Waals surface area contributed by atoms with Crippen molar-refractivity contribution in [3.63, 3.8) is 0 Å². The Hall–Kier alpha value is -2.67. The molecule has 1 aromatic carbocycles. The van der Waals surface area contributed by atoms with E-state index in [1.807, 2.05) is 38.1 Å². The number of aryl methyl sites for hydroxylation is 2. The minimum absolute atomic E-state index is 0.0389. The van der Waals surface area contributed by atoms with Crippen molar-refractivity contribution >= 4 is 27.5 Å². The lowest BCUT2D eigenvalue weighted by molar-refractivity contribution is 0.0699. The summed E-state index contributed by atoms with van der Waals surface area (Å²) in [4.78, 5) is 29.5. The van der Waals surface area contributed by atoms with Gasteiger partial charge < -0.3 is 9.84 Å². The summed E-state index contributed by atoms with van der Waals surface area (Å²) in [6.45, 7) is 5.13. The highest BCUT2D eigenvalue weighted by Gasteiger charge is 2.19. The zero-order valence-electron chi connectivity index (χ0n) is 16.1. The topological polar surface area (TPSA) is 81.4 Å². The van der Waals surface area contributed by atoms with Gasteiger partial charge in [0.2, 0.25) is 0 Å². The van der Waals surface area contributed by atoms with Crippen molar-refractivity contribution in [3.05, 3.63) is 57.0 Å². The number of carboxylic acid groups (broad SMARTS) is 1. The summed E-state index contributed by atoms with van der Waals surface area (Å²) in [6, 6.07) is 7.91. The maximum atomic E-state index is 13.0. The van der Waals surface area contributed by atoms with E-state index in [1.54, 1.807) is 4.57 Å². The fourth-order valence-corrected chi connectivity index (χ4v) is 3.99. The molecule has 0 unspecified atom stereocenters. The highest BCUT2D eigenvalue weighted by Crippen LogP contribution is 2.22. The summed E-state index contributed by atoms with van der Waals surface area (Å²) in [5.41, 5.74) is 0.968. The molecule has 0 amide bonds. The van der Waals surface area contributed by atoms with Crippen molar-refractivity contribution in [1.82, 2.24) is 9.55 Å². The number of carbonyl (C=O) groups is 1. The zero-order valence-corrected chi connectivity index (χ0v) is 16.9. The van der Waals surface area contributed by atoms with Crippen molar-refractivity contribution in [1.29, 1.82) is 0 Å². The number of hydrogen-bond donors (Lipinski definition) is 1. The summed E-state index contributed by atoms with van der Waals surface area (Å²) in [5.74, 6) is 0.464. The average Bonchev–Trinajstić information content (AvgIpc) is 3.10. The number of aromatic carboxylic acids is 1. The molecule has 2 aromatic heterocycles. The van der Waals surface area contributed by atoms with Crippen molar-refractivity contribution in [2.45, 2.75) is 46.1 Å². The second-order valence-electron chi connectivity index (χ2n) is 6.74. The maximum Gasteiger partial charge on any atom is 0.337 e. The summed E-state index contributed by atoms with van der Waals surface area (Å²) < 4.78 is 7.37. The fourth-order valence-electron chi connectivity index (χ4n) is 3.07. The van der Waals surface area contributed by atoms with Crippen LogP contribution in [0.4, 0.5) is 0 Å². The minimum atomic E-state index is -1.09. The van der Waals surface area contributed by atoms with Crippen LogP contribution in [0.25, 0.3) is 10.2 Å². The van der Waals surface area contributed by atoms with Crippen LogP contribution >= 0.6 is 11.3 Å². The van der Waals surface area contributed by atoms with Gasteiger partial charge >= 0.3 is 5.97 Å². The van der Waals surface area contributed by atoms with E-state index >= 15 is 0 Å². The Morgan fingerprint density at radius 1 is 1.25 bits per heavy atom. The molecule has 28 heavy (non-hydrogen) atoms. The highest BCUT2D eigenvalue weighted by molar-refractivity contribution is 7.17. The molecule has 0 fully saturated rings. The predicted molar refractivity (Wildman–Crippen MR) is 111 cm³/mol. The Balaban J connectivity index is 1.71. The van der Waals surface area contributed by atoms with E-state index in [4.69, 9.17) is 4.74 Å². The van der Waals surface area contributed by atoms with Crippen molar-refractivity contribution in [2.75, 3.05) is 6.61 Å². The molecule has 3 aromatic rings. The summed E-state index contributed by atoms with van der Waals surface area (Å²) >= 11 is 1.21. The Labute approximate surface area is 167 Å². The SMILES string of the molecule is CCCc1nc2scc(C(=O)O)c2c(=O)n1CCCCOc1ccc(C)cc1. The van der Waals surface area contributed by atoms with Gasteiger partial charge in [-0.2, -0.15) is 0 Å². The molecule has 0 aliphatic rings. The molecule has 0 aliphatic heterocycles. The molecule has 3 rings (SSSR count). The van der Waals surface area contributed by atoms with Gasteiger partial charge in [0.05, 0.1) is 17.6 Å². The largest absolute Gasteiger partial charge is 0.494 e. The molecule has 1 N–H and O–H groups in total. The molecule has 0 radical (unpaired) electrons. The molecular weight excluding hydrogens is 376 g/mol. The number of ether oxygens (including phenoxy) is 1. The Kier molecular flexibility index (Phi) is 6.46. The van der Waals surface area contributed by atoms with Crippen molar-refractivity contribution in [2.24, 2.45) is 0 Å². The van der Waals surface area contributed by atoms with E-state index in [9.17, 15) is 14.7 Å². The van der Waals surface area contributed by atoms with Crippen LogP contribution in [0.2, 0.25) is 0 Å². The van der Waals surface area contributed by atoms with E-state index in [0.717, 1.165) is 30.8 Å². The molecule has 2 heterocycles. The summed E-state index contributed by atoms with van der Waals surface area (Å²) in [6.07, 6.45) is 3.10. The molecule has 148 valence electrons. The first-order chi connectivity index (χ1) is 13.5. The van der Waals surface area contributed by atoms with E-state index < -0.39 is 5.97 Å². The molecule has 0 bridgehead atoms. The number of hydrogen-bond acceptors (Lipinski definition) is 5. The quantitative estimate of drug-likeness (QED) is 0.542. The van der Waals surface area contributed by atoms with Gasteiger partial charge in [-0.05, 0) is 38.3 Å². The van der Waals surface area contributed by atoms with Gasteiger partial charge in [-0.25, -0.2) is 9.78 Å². The minimum Gasteiger partial charge on any atom is -0.494 e. The fraction of sp³-hybridized carbons (Fsp3) is 0.381. The molecule has 0 saturated carbocycles. The Bertz CT molecular complexity index is 1020.